The summed E-state index contributed by atoms with van der Waals surface area (Å²) >= 11 is 5.78. The van der Waals surface area contributed by atoms with E-state index in [1.165, 1.54) is 23.1 Å². The second-order valence-electron chi connectivity index (χ2n) is 6.03. The van der Waals surface area contributed by atoms with Crippen molar-refractivity contribution in [2.24, 2.45) is 5.92 Å². The van der Waals surface area contributed by atoms with E-state index in [9.17, 15) is 14.0 Å². The van der Waals surface area contributed by atoms with Gasteiger partial charge in [-0.25, -0.2) is 4.39 Å². The van der Waals surface area contributed by atoms with Crippen molar-refractivity contribution in [2.45, 2.75) is 13.0 Å². The second-order valence-corrected chi connectivity index (χ2v) is 6.44. The van der Waals surface area contributed by atoms with Crippen LogP contribution in [0.1, 0.15) is 12.0 Å². The Morgan fingerprint density at radius 2 is 2.12 bits per heavy atom. The van der Waals surface area contributed by atoms with Crippen LogP contribution in [0.3, 0.4) is 0 Å². The van der Waals surface area contributed by atoms with Gasteiger partial charge in [-0.05, 0) is 24.3 Å². The van der Waals surface area contributed by atoms with Crippen LogP contribution in [0.15, 0.2) is 42.5 Å². The van der Waals surface area contributed by atoms with Crippen molar-refractivity contribution in [1.29, 1.82) is 0 Å². The van der Waals surface area contributed by atoms with Crippen molar-refractivity contribution in [3.63, 3.8) is 0 Å². The number of methoxy groups -OCH3 is 1. The molecule has 1 aliphatic heterocycles. The first-order chi connectivity index (χ1) is 12.5. The molecule has 7 heteroatoms. The normalized spacial score (nSPS) is 16.7. The van der Waals surface area contributed by atoms with Gasteiger partial charge in [0.2, 0.25) is 11.8 Å². The van der Waals surface area contributed by atoms with Crippen LogP contribution in [-0.2, 0) is 16.1 Å². The summed E-state index contributed by atoms with van der Waals surface area (Å²) in [5.41, 5.74) is 1.34. The van der Waals surface area contributed by atoms with Gasteiger partial charge < -0.3 is 15.0 Å². The van der Waals surface area contributed by atoms with Gasteiger partial charge >= 0.3 is 0 Å². The minimum absolute atomic E-state index is 0.0561. The number of rotatable bonds is 5. The molecule has 1 fully saturated rings. The summed E-state index contributed by atoms with van der Waals surface area (Å²) in [4.78, 5) is 26.2. The number of hydrogen-bond donors (Lipinski definition) is 1. The lowest BCUT2D eigenvalue weighted by molar-refractivity contribution is -0.126. The molecule has 0 saturated carbocycles. The summed E-state index contributed by atoms with van der Waals surface area (Å²) in [5.74, 6) is -0.725. The maximum atomic E-state index is 13.3. The number of para-hydroxylation sites is 1. The Labute approximate surface area is 155 Å². The Kier molecular flexibility index (Phi) is 5.42. The first-order valence-corrected chi connectivity index (χ1v) is 8.52. The molecule has 5 nitrogen and oxygen atoms in total. The van der Waals surface area contributed by atoms with Gasteiger partial charge in [-0.2, -0.15) is 0 Å². The van der Waals surface area contributed by atoms with Crippen molar-refractivity contribution in [1.82, 2.24) is 5.32 Å². The van der Waals surface area contributed by atoms with Gasteiger partial charge in [0.1, 0.15) is 11.6 Å². The number of anilines is 1. The van der Waals surface area contributed by atoms with Crippen LogP contribution >= 0.6 is 11.6 Å². The van der Waals surface area contributed by atoms with E-state index < -0.39 is 11.7 Å². The molecular formula is C19H18ClFN2O3. The predicted molar refractivity (Wildman–Crippen MR) is 96.7 cm³/mol. The molecule has 136 valence electrons. The number of nitrogens with zero attached hydrogens (tertiary/aromatic N) is 1. The molecule has 2 aromatic carbocycles. The highest BCUT2D eigenvalue weighted by molar-refractivity contribution is 6.31. The van der Waals surface area contributed by atoms with E-state index in [1.54, 1.807) is 7.11 Å². The number of hydrogen-bond acceptors (Lipinski definition) is 3. The monoisotopic (exact) mass is 376 g/mol. The molecule has 0 aromatic heterocycles. The minimum atomic E-state index is -0.548. The summed E-state index contributed by atoms with van der Waals surface area (Å²) in [6.45, 7) is 0.550. The van der Waals surface area contributed by atoms with E-state index in [4.69, 9.17) is 16.3 Å². The summed E-state index contributed by atoms with van der Waals surface area (Å²) in [6.07, 6.45) is 0.104. The van der Waals surface area contributed by atoms with Gasteiger partial charge in [-0.3, -0.25) is 9.59 Å². The molecule has 0 bridgehead atoms. The van der Waals surface area contributed by atoms with Crippen molar-refractivity contribution in [2.75, 3.05) is 18.6 Å². The van der Waals surface area contributed by atoms with E-state index in [-0.39, 0.29) is 29.8 Å². The van der Waals surface area contributed by atoms with Crippen molar-refractivity contribution < 1.29 is 18.7 Å². The van der Waals surface area contributed by atoms with Gasteiger partial charge in [0.15, 0.2) is 0 Å². The fourth-order valence-electron chi connectivity index (χ4n) is 2.96. The van der Waals surface area contributed by atoms with E-state index in [0.29, 0.717) is 18.0 Å². The minimum Gasteiger partial charge on any atom is -0.496 e. The van der Waals surface area contributed by atoms with Crippen LogP contribution in [0, 0.1) is 11.7 Å². The Morgan fingerprint density at radius 1 is 1.35 bits per heavy atom. The first kappa shape index (κ1) is 18.2. The Hall–Kier alpha value is -2.60. The summed E-state index contributed by atoms with van der Waals surface area (Å²) < 4.78 is 18.6. The molecule has 1 aliphatic rings. The summed E-state index contributed by atoms with van der Waals surface area (Å²) in [7, 11) is 1.57. The number of halogens is 2. The van der Waals surface area contributed by atoms with E-state index in [2.05, 4.69) is 5.32 Å². The molecule has 2 aromatic rings. The lowest BCUT2D eigenvalue weighted by Gasteiger charge is -2.17. The molecule has 0 spiro atoms. The molecule has 3 rings (SSSR count). The molecule has 26 heavy (non-hydrogen) atoms. The third-order valence-corrected chi connectivity index (χ3v) is 4.65. The molecule has 1 N–H and O–H groups in total. The fraction of sp³-hybridized carbons (Fsp3) is 0.263. The van der Waals surface area contributed by atoms with Crippen molar-refractivity contribution in [3.05, 3.63) is 58.9 Å². The number of carbonyl (C=O) groups is 2. The van der Waals surface area contributed by atoms with Gasteiger partial charge in [-0.1, -0.05) is 29.8 Å². The van der Waals surface area contributed by atoms with E-state index >= 15 is 0 Å². The third kappa shape index (κ3) is 3.80. The zero-order valence-corrected chi connectivity index (χ0v) is 14.9. The largest absolute Gasteiger partial charge is 0.496 e. The topological polar surface area (TPSA) is 58.6 Å². The number of amides is 2. The Bertz CT molecular complexity index is 843. The van der Waals surface area contributed by atoms with Gasteiger partial charge in [-0.15, -0.1) is 0 Å². The first-order valence-electron chi connectivity index (χ1n) is 8.14. The van der Waals surface area contributed by atoms with Crippen molar-refractivity contribution in [3.8, 4) is 5.75 Å². The zero-order chi connectivity index (χ0) is 18.7. The van der Waals surface area contributed by atoms with Gasteiger partial charge in [0.25, 0.3) is 0 Å². The molecule has 1 saturated heterocycles. The highest BCUT2D eigenvalue weighted by atomic mass is 35.5. The van der Waals surface area contributed by atoms with Crippen molar-refractivity contribution >= 4 is 29.1 Å². The van der Waals surface area contributed by atoms with E-state index in [0.717, 1.165) is 5.56 Å². The van der Waals surface area contributed by atoms with Crippen LogP contribution in [0.25, 0.3) is 0 Å². The van der Waals surface area contributed by atoms with Gasteiger partial charge in [0, 0.05) is 30.8 Å². The maximum Gasteiger partial charge on any atom is 0.227 e. The van der Waals surface area contributed by atoms with Gasteiger partial charge in [0.05, 0.1) is 18.1 Å². The fourth-order valence-corrected chi connectivity index (χ4v) is 3.14. The smallest absolute Gasteiger partial charge is 0.227 e. The molecule has 0 radical (unpaired) electrons. The average molecular weight is 377 g/mol. The Balaban J connectivity index is 1.64. The summed E-state index contributed by atoms with van der Waals surface area (Å²) in [6, 6.07) is 11.5. The lowest BCUT2D eigenvalue weighted by atomic mass is 10.1. The molecule has 0 aliphatic carbocycles. The zero-order valence-electron chi connectivity index (χ0n) is 14.2. The second kappa shape index (κ2) is 7.74. The number of nitrogens with one attached hydrogen (secondary N) is 1. The SMILES string of the molecule is COc1ccccc1CNC(=O)[C@@H]1CC(=O)N(c2ccc(F)c(Cl)c2)C1. The van der Waals surface area contributed by atoms with Crippen LogP contribution in [0.4, 0.5) is 10.1 Å². The highest BCUT2D eigenvalue weighted by Gasteiger charge is 2.35. The third-order valence-electron chi connectivity index (χ3n) is 4.36. The molecular weight excluding hydrogens is 359 g/mol. The number of carbonyl (C=O) groups excluding carboxylic acids is 2. The van der Waals surface area contributed by atoms with Crippen LogP contribution in [-0.4, -0.2) is 25.5 Å². The highest BCUT2D eigenvalue weighted by Crippen LogP contribution is 2.28. The lowest BCUT2D eigenvalue weighted by Crippen LogP contribution is -2.32. The molecule has 1 heterocycles. The number of ether oxygens (including phenoxy) is 1. The Morgan fingerprint density at radius 3 is 2.85 bits per heavy atom. The predicted octanol–water partition coefficient (Wildman–Crippen LogP) is 3.16. The quantitative estimate of drug-likeness (QED) is 0.872. The van der Waals surface area contributed by atoms with Crippen LogP contribution in [0.2, 0.25) is 5.02 Å². The van der Waals surface area contributed by atoms with Crippen LogP contribution < -0.4 is 15.0 Å². The summed E-state index contributed by atoms with van der Waals surface area (Å²) in [5, 5.41) is 2.79. The van der Waals surface area contributed by atoms with E-state index in [1.807, 2.05) is 24.3 Å². The average Bonchev–Trinajstić information content (AvgIpc) is 3.04. The molecule has 0 unspecified atom stereocenters. The molecule has 1 atom stereocenters. The standard InChI is InChI=1S/C19H18ClFN2O3/c1-26-17-5-3-2-4-12(17)10-22-19(25)13-8-18(24)23(11-13)14-6-7-16(21)15(20)9-14/h2-7,9,13H,8,10-11H2,1H3,(H,22,25)/t13-/m1/s1. The maximum absolute atomic E-state index is 13.3. The molecule has 2 amide bonds. The number of benzene rings is 2. The van der Waals surface area contributed by atoms with Crippen LogP contribution in [0.5, 0.6) is 5.75 Å².